The summed E-state index contributed by atoms with van der Waals surface area (Å²) in [6.07, 6.45) is 2.95. The van der Waals surface area contributed by atoms with Crippen molar-refractivity contribution in [3.8, 4) is 0 Å². The van der Waals surface area contributed by atoms with Gasteiger partial charge in [0.15, 0.2) is 4.83 Å². The van der Waals surface area contributed by atoms with Gasteiger partial charge in [-0.3, -0.25) is 9.59 Å². The summed E-state index contributed by atoms with van der Waals surface area (Å²) in [7, 11) is 0. The zero-order chi connectivity index (χ0) is 20.0. The number of amides is 1. The Labute approximate surface area is 167 Å². The molecular formula is C21H24N4O2S. The summed E-state index contributed by atoms with van der Waals surface area (Å²) in [6, 6.07) is 5.02. The lowest BCUT2D eigenvalue weighted by Crippen LogP contribution is -2.34. The first-order valence-electron chi connectivity index (χ1n) is 9.63. The molecule has 4 rings (SSSR count). The van der Waals surface area contributed by atoms with Gasteiger partial charge in [0.2, 0.25) is 5.91 Å². The van der Waals surface area contributed by atoms with Gasteiger partial charge in [0.25, 0.3) is 5.56 Å². The van der Waals surface area contributed by atoms with Crippen molar-refractivity contribution >= 4 is 33.1 Å². The quantitative estimate of drug-likeness (QED) is 0.731. The van der Waals surface area contributed by atoms with E-state index in [-0.39, 0.29) is 11.5 Å². The van der Waals surface area contributed by atoms with Gasteiger partial charge in [-0.05, 0) is 68.7 Å². The van der Waals surface area contributed by atoms with E-state index >= 15 is 0 Å². The fourth-order valence-electron chi connectivity index (χ4n) is 3.76. The minimum atomic E-state index is -0.748. The number of hydrogen-bond acceptors (Lipinski definition) is 5. The van der Waals surface area contributed by atoms with Crippen molar-refractivity contribution in [2.24, 2.45) is 5.92 Å². The number of benzene rings is 1. The van der Waals surface area contributed by atoms with Gasteiger partial charge in [-0.2, -0.15) is 4.68 Å². The van der Waals surface area contributed by atoms with E-state index in [9.17, 15) is 9.59 Å². The Balaban J connectivity index is 1.68. The zero-order valence-corrected chi connectivity index (χ0v) is 17.4. The van der Waals surface area contributed by atoms with Gasteiger partial charge < -0.3 is 5.32 Å². The lowest BCUT2D eigenvalue weighted by Gasteiger charge is -2.18. The van der Waals surface area contributed by atoms with Crippen LogP contribution in [-0.2, 0) is 17.6 Å². The molecule has 0 saturated heterocycles. The Morgan fingerprint density at radius 2 is 2.14 bits per heavy atom. The summed E-state index contributed by atoms with van der Waals surface area (Å²) in [5.74, 6) is 0.347. The molecule has 7 heteroatoms. The normalized spacial score (nSPS) is 17.4. The first kappa shape index (κ1) is 18.8. The maximum atomic E-state index is 13.1. The second kappa shape index (κ2) is 7.13. The molecule has 6 nitrogen and oxygen atoms in total. The number of carbonyl (C=O) groups excluding carboxylic acids is 1. The highest BCUT2D eigenvalue weighted by molar-refractivity contribution is 7.18. The second-order valence-corrected chi connectivity index (χ2v) is 8.87. The molecule has 0 bridgehead atoms. The SMILES string of the molecule is Cc1cccc(NC(=O)[C@H](C)n2nnc3sc4c(c3c2=O)CC[C@H](C)C4)c1C. The Hall–Kier alpha value is -2.54. The molecule has 2 aromatic heterocycles. The van der Waals surface area contributed by atoms with Gasteiger partial charge in [-0.25, -0.2) is 0 Å². The molecule has 0 fully saturated rings. The monoisotopic (exact) mass is 396 g/mol. The Morgan fingerprint density at radius 3 is 2.93 bits per heavy atom. The van der Waals surface area contributed by atoms with Crippen molar-refractivity contribution in [1.82, 2.24) is 15.0 Å². The molecule has 146 valence electrons. The second-order valence-electron chi connectivity index (χ2n) is 7.78. The highest BCUT2D eigenvalue weighted by Crippen LogP contribution is 2.35. The first-order chi connectivity index (χ1) is 13.4. The molecule has 1 N–H and O–H groups in total. The van der Waals surface area contributed by atoms with E-state index in [4.69, 9.17) is 0 Å². The number of aromatic nitrogens is 3. The van der Waals surface area contributed by atoms with E-state index < -0.39 is 6.04 Å². The topological polar surface area (TPSA) is 76.9 Å². The first-order valence-corrected chi connectivity index (χ1v) is 10.4. The summed E-state index contributed by atoms with van der Waals surface area (Å²) in [4.78, 5) is 27.9. The summed E-state index contributed by atoms with van der Waals surface area (Å²) in [5, 5.41) is 11.9. The number of nitrogens with zero attached hydrogens (tertiary/aromatic N) is 3. The zero-order valence-electron chi connectivity index (χ0n) is 16.6. The van der Waals surface area contributed by atoms with E-state index in [0.29, 0.717) is 16.1 Å². The fourth-order valence-corrected chi connectivity index (χ4v) is 5.08. The van der Waals surface area contributed by atoms with Gasteiger partial charge in [0, 0.05) is 10.6 Å². The van der Waals surface area contributed by atoms with Gasteiger partial charge >= 0.3 is 0 Å². The minimum absolute atomic E-state index is 0.222. The highest BCUT2D eigenvalue weighted by atomic mass is 32.1. The van der Waals surface area contributed by atoms with Crippen LogP contribution >= 0.6 is 11.3 Å². The highest BCUT2D eigenvalue weighted by Gasteiger charge is 2.26. The average Bonchev–Trinajstić information content (AvgIpc) is 3.03. The molecule has 28 heavy (non-hydrogen) atoms. The van der Waals surface area contributed by atoms with Crippen molar-refractivity contribution in [2.45, 2.75) is 53.0 Å². The molecule has 1 aliphatic rings. The van der Waals surface area contributed by atoms with E-state index in [1.807, 2.05) is 32.0 Å². The fraction of sp³-hybridized carbons (Fsp3) is 0.429. The van der Waals surface area contributed by atoms with Crippen molar-refractivity contribution in [3.05, 3.63) is 50.1 Å². The molecule has 1 amide bonds. The van der Waals surface area contributed by atoms with E-state index in [1.54, 1.807) is 18.3 Å². The molecule has 0 unspecified atom stereocenters. The number of nitrogens with one attached hydrogen (secondary N) is 1. The van der Waals surface area contributed by atoms with Crippen LogP contribution in [-0.4, -0.2) is 20.9 Å². The molecule has 0 aliphatic heterocycles. The van der Waals surface area contributed by atoms with Gasteiger partial charge in [0.1, 0.15) is 6.04 Å². The summed E-state index contributed by atoms with van der Waals surface area (Å²) in [6.45, 7) is 7.88. The number of carbonyl (C=O) groups is 1. The van der Waals surface area contributed by atoms with Crippen LogP contribution in [0.15, 0.2) is 23.0 Å². The Kier molecular flexibility index (Phi) is 4.79. The molecule has 0 saturated carbocycles. The van der Waals surface area contributed by atoms with Crippen molar-refractivity contribution in [2.75, 3.05) is 5.32 Å². The van der Waals surface area contributed by atoms with E-state index in [1.165, 1.54) is 9.56 Å². The summed E-state index contributed by atoms with van der Waals surface area (Å²) in [5.41, 5.74) is 3.75. The van der Waals surface area contributed by atoms with Gasteiger partial charge in [-0.1, -0.05) is 24.3 Å². The van der Waals surface area contributed by atoms with Crippen LogP contribution < -0.4 is 10.9 Å². The molecule has 0 radical (unpaired) electrons. The van der Waals surface area contributed by atoms with Crippen LogP contribution in [0.5, 0.6) is 0 Å². The number of anilines is 1. The molecule has 1 aromatic carbocycles. The number of hydrogen-bond donors (Lipinski definition) is 1. The maximum Gasteiger partial charge on any atom is 0.279 e. The van der Waals surface area contributed by atoms with E-state index in [0.717, 1.165) is 41.6 Å². The lowest BCUT2D eigenvalue weighted by molar-refractivity contribution is -0.119. The van der Waals surface area contributed by atoms with Crippen LogP contribution in [0.3, 0.4) is 0 Å². The molecular weight excluding hydrogens is 372 g/mol. The number of thiophene rings is 1. The van der Waals surface area contributed by atoms with Gasteiger partial charge in [0.05, 0.1) is 5.39 Å². The third-order valence-corrected chi connectivity index (χ3v) is 6.89. The number of aryl methyl sites for hydroxylation is 2. The van der Waals surface area contributed by atoms with Crippen LogP contribution in [0.2, 0.25) is 0 Å². The molecule has 0 spiro atoms. The molecule has 2 atom stereocenters. The van der Waals surface area contributed by atoms with Crippen molar-refractivity contribution < 1.29 is 4.79 Å². The van der Waals surface area contributed by atoms with Crippen LogP contribution in [0.1, 0.15) is 47.9 Å². The third kappa shape index (κ3) is 3.13. The number of rotatable bonds is 3. The Morgan fingerprint density at radius 1 is 1.36 bits per heavy atom. The molecule has 2 heterocycles. The molecule has 3 aromatic rings. The van der Waals surface area contributed by atoms with Crippen molar-refractivity contribution in [3.63, 3.8) is 0 Å². The Bertz CT molecular complexity index is 1130. The molecule has 1 aliphatic carbocycles. The minimum Gasteiger partial charge on any atom is -0.324 e. The van der Waals surface area contributed by atoms with Gasteiger partial charge in [-0.15, -0.1) is 16.4 Å². The standard InChI is InChI=1S/C21H24N4O2S/c1-11-8-9-15-17(10-11)28-20-18(15)21(27)25(24-23-20)14(4)19(26)22-16-7-5-6-12(2)13(16)3/h5-7,11,14H,8-10H2,1-4H3,(H,22,26)/t11-,14-/m0/s1. The third-order valence-electron chi connectivity index (χ3n) is 5.76. The van der Waals surface area contributed by atoms with Crippen LogP contribution in [0.25, 0.3) is 10.2 Å². The van der Waals surface area contributed by atoms with E-state index in [2.05, 4.69) is 22.6 Å². The average molecular weight is 397 g/mol. The van der Waals surface area contributed by atoms with Crippen LogP contribution in [0.4, 0.5) is 5.69 Å². The lowest BCUT2D eigenvalue weighted by atomic mass is 9.89. The summed E-state index contributed by atoms with van der Waals surface area (Å²) >= 11 is 1.57. The van der Waals surface area contributed by atoms with Crippen molar-refractivity contribution in [1.29, 1.82) is 0 Å². The largest absolute Gasteiger partial charge is 0.324 e. The number of fused-ring (bicyclic) bond motifs is 3. The smallest absolute Gasteiger partial charge is 0.279 e. The predicted molar refractivity (Wildman–Crippen MR) is 112 cm³/mol. The summed E-state index contributed by atoms with van der Waals surface area (Å²) < 4.78 is 1.22. The maximum absolute atomic E-state index is 13.1. The van der Waals surface area contributed by atoms with Crippen LogP contribution in [0, 0.1) is 19.8 Å². The predicted octanol–water partition coefficient (Wildman–Crippen LogP) is 3.79.